The SMILES string of the molecule is Cc1cc(C(=O)NCc2cccnc2)nc(NCCc2ccc(F)cc2)n1. The Balaban J connectivity index is 1.58. The van der Waals surface area contributed by atoms with Crippen molar-refractivity contribution in [2.75, 3.05) is 11.9 Å². The smallest absolute Gasteiger partial charge is 0.270 e. The molecular formula is C20H20FN5O. The van der Waals surface area contributed by atoms with Crippen LogP contribution in [0.25, 0.3) is 0 Å². The van der Waals surface area contributed by atoms with Gasteiger partial charge in [-0.25, -0.2) is 14.4 Å². The van der Waals surface area contributed by atoms with Crippen molar-refractivity contribution in [1.82, 2.24) is 20.3 Å². The maximum atomic E-state index is 12.9. The Morgan fingerprint density at radius 3 is 2.67 bits per heavy atom. The highest BCUT2D eigenvalue weighted by Crippen LogP contribution is 2.07. The molecule has 138 valence electrons. The monoisotopic (exact) mass is 365 g/mol. The summed E-state index contributed by atoms with van der Waals surface area (Å²) in [6.45, 7) is 2.76. The van der Waals surface area contributed by atoms with Crippen LogP contribution in [0.15, 0.2) is 54.9 Å². The Hall–Kier alpha value is -3.35. The van der Waals surface area contributed by atoms with Gasteiger partial charge in [-0.3, -0.25) is 9.78 Å². The summed E-state index contributed by atoms with van der Waals surface area (Å²) in [7, 11) is 0. The molecular weight excluding hydrogens is 345 g/mol. The Morgan fingerprint density at radius 1 is 1.11 bits per heavy atom. The van der Waals surface area contributed by atoms with Crippen LogP contribution in [0.5, 0.6) is 0 Å². The molecule has 2 heterocycles. The summed E-state index contributed by atoms with van der Waals surface area (Å²) in [6, 6.07) is 11.7. The van der Waals surface area contributed by atoms with Crippen LogP contribution < -0.4 is 10.6 Å². The average molecular weight is 365 g/mol. The number of carbonyl (C=O) groups excluding carboxylic acids is 1. The summed E-state index contributed by atoms with van der Waals surface area (Å²) >= 11 is 0. The average Bonchev–Trinajstić information content (AvgIpc) is 2.68. The van der Waals surface area contributed by atoms with E-state index in [1.807, 2.05) is 19.1 Å². The second-order valence-electron chi connectivity index (χ2n) is 6.07. The minimum atomic E-state index is -0.272. The predicted octanol–water partition coefficient (Wildman–Crippen LogP) is 2.90. The number of nitrogens with zero attached hydrogens (tertiary/aromatic N) is 3. The van der Waals surface area contributed by atoms with Gasteiger partial charge in [0.25, 0.3) is 5.91 Å². The number of aromatic nitrogens is 3. The van der Waals surface area contributed by atoms with E-state index in [2.05, 4.69) is 25.6 Å². The third kappa shape index (κ3) is 5.57. The number of hydrogen-bond acceptors (Lipinski definition) is 5. The molecule has 6 nitrogen and oxygen atoms in total. The molecule has 0 spiro atoms. The molecule has 2 N–H and O–H groups in total. The zero-order chi connectivity index (χ0) is 19.1. The van der Waals surface area contributed by atoms with Crippen molar-refractivity contribution in [3.05, 3.63) is 83.2 Å². The van der Waals surface area contributed by atoms with Gasteiger partial charge in [0.2, 0.25) is 5.95 Å². The molecule has 0 saturated carbocycles. The van der Waals surface area contributed by atoms with Crippen LogP contribution in [-0.2, 0) is 13.0 Å². The topological polar surface area (TPSA) is 79.8 Å². The number of carbonyl (C=O) groups is 1. The molecule has 1 aromatic carbocycles. The molecule has 1 amide bonds. The highest BCUT2D eigenvalue weighted by atomic mass is 19.1. The Kier molecular flexibility index (Phi) is 6.04. The molecule has 0 radical (unpaired) electrons. The third-order valence-electron chi connectivity index (χ3n) is 3.87. The lowest BCUT2D eigenvalue weighted by atomic mass is 10.1. The first-order chi connectivity index (χ1) is 13.1. The van der Waals surface area contributed by atoms with Crippen molar-refractivity contribution in [1.29, 1.82) is 0 Å². The zero-order valence-electron chi connectivity index (χ0n) is 14.9. The van der Waals surface area contributed by atoms with Gasteiger partial charge < -0.3 is 10.6 Å². The maximum Gasteiger partial charge on any atom is 0.270 e. The number of anilines is 1. The van der Waals surface area contributed by atoms with Gasteiger partial charge in [-0.2, -0.15) is 0 Å². The van der Waals surface area contributed by atoms with Crippen LogP contribution in [0.4, 0.5) is 10.3 Å². The molecule has 0 fully saturated rings. The van der Waals surface area contributed by atoms with E-state index in [4.69, 9.17) is 0 Å². The minimum absolute atomic E-state index is 0.254. The summed E-state index contributed by atoms with van der Waals surface area (Å²) in [5.41, 5.74) is 2.91. The number of rotatable bonds is 7. The van der Waals surface area contributed by atoms with Crippen LogP contribution in [0, 0.1) is 12.7 Å². The fourth-order valence-corrected chi connectivity index (χ4v) is 2.51. The number of pyridine rings is 1. The normalized spacial score (nSPS) is 10.4. The van der Waals surface area contributed by atoms with Crippen molar-refractivity contribution < 1.29 is 9.18 Å². The van der Waals surface area contributed by atoms with Gasteiger partial charge in [0, 0.05) is 31.2 Å². The minimum Gasteiger partial charge on any atom is -0.354 e. The molecule has 3 aromatic rings. The Bertz CT molecular complexity index is 900. The van der Waals surface area contributed by atoms with Crippen LogP contribution in [0.1, 0.15) is 27.3 Å². The van der Waals surface area contributed by atoms with E-state index in [1.165, 1.54) is 12.1 Å². The lowest BCUT2D eigenvalue weighted by molar-refractivity contribution is 0.0945. The predicted molar refractivity (Wildman–Crippen MR) is 101 cm³/mol. The second kappa shape index (κ2) is 8.84. The second-order valence-corrected chi connectivity index (χ2v) is 6.07. The van der Waals surface area contributed by atoms with Crippen molar-refractivity contribution in [3.8, 4) is 0 Å². The summed E-state index contributed by atoms with van der Waals surface area (Å²) in [5, 5.41) is 5.94. The molecule has 0 unspecified atom stereocenters. The van der Waals surface area contributed by atoms with E-state index < -0.39 is 0 Å². The number of aryl methyl sites for hydroxylation is 1. The number of amides is 1. The van der Waals surface area contributed by atoms with Gasteiger partial charge in [-0.05, 0) is 48.7 Å². The molecule has 0 saturated heterocycles. The van der Waals surface area contributed by atoms with Crippen LogP contribution in [-0.4, -0.2) is 27.4 Å². The fraction of sp³-hybridized carbons (Fsp3) is 0.200. The van der Waals surface area contributed by atoms with Gasteiger partial charge in [-0.1, -0.05) is 18.2 Å². The number of hydrogen-bond donors (Lipinski definition) is 2. The first-order valence-corrected chi connectivity index (χ1v) is 8.61. The Morgan fingerprint density at radius 2 is 1.93 bits per heavy atom. The van der Waals surface area contributed by atoms with Crippen molar-refractivity contribution in [2.24, 2.45) is 0 Å². The summed E-state index contributed by atoms with van der Waals surface area (Å²) in [5.74, 6) is -0.134. The van der Waals surface area contributed by atoms with Gasteiger partial charge in [0.05, 0.1) is 0 Å². The summed E-state index contributed by atoms with van der Waals surface area (Å²) in [4.78, 5) is 25.0. The number of nitrogens with one attached hydrogen (secondary N) is 2. The van der Waals surface area contributed by atoms with Gasteiger partial charge >= 0.3 is 0 Å². The molecule has 3 rings (SSSR count). The maximum absolute atomic E-state index is 12.9. The van der Waals surface area contributed by atoms with E-state index in [0.717, 1.165) is 11.1 Å². The van der Waals surface area contributed by atoms with Crippen LogP contribution >= 0.6 is 0 Å². The van der Waals surface area contributed by atoms with E-state index in [1.54, 1.807) is 30.6 Å². The van der Waals surface area contributed by atoms with Crippen LogP contribution in [0.2, 0.25) is 0 Å². The molecule has 0 aliphatic heterocycles. The first kappa shape index (κ1) is 18.4. The van der Waals surface area contributed by atoms with Crippen molar-refractivity contribution >= 4 is 11.9 Å². The summed E-state index contributed by atoms with van der Waals surface area (Å²) < 4.78 is 12.9. The van der Waals surface area contributed by atoms with Gasteiger partial charge in [0.1, 0.15) is 11.5 Å². The molecule has 7 heteroatoms. The number of benzene rings is 1. The van der Waals surface area contributed by atoms with E-state index >= 15 is 0 Å². The van der Waals surface area contributed by atoms with Crippen LogP contribution in [0.3, 0.4) is 0 Å². The lowest BCUT2D eigenvalue weighted by Crippen LogP contribution is -2.24. The highest BCUT2D eigenvalue weighted by molar-refractivity contribution is 5.92. The molecule has 0 bridgehead atoms. The first-order valence-electron chi connectivity index (χ1n) is 8.61. The van der Waals surface area contributed by atoms with Gasteiger partial charge in [0.15, 0.2) is 0 Å². The van der Waals surface area contributed by atoms with E-state index in [0.29, 0.717) is 36.8 Å². The quantitative estimate of drug-likeness (QED) is 0.673. The highest BCUT2D eigenvalue weighted by Gasteiger charge is 2.10. The van der Waals surface area contributed by atoms with Crippen molar-refractivity contribution in [3.63, 3.8) is 0 Å². The molecule has 0 aliphatic carbocycles. The van der Waals surface area contributed by atoms with E-state index in [9.17, 15) is 9.18 Å². The third-order valence-corrected chi connectivity index (χ3v) is 3.87. The molecule has 0 aliphatic rings. The lowest BCUT2D eigenvalue weighted by Gasteiger charge is -2.09. The van der Waals surface area contributed by atoms with Crippen molar-refractivity contribution in [2.45, 2.75) is 19.9 Å². The van der Waals surface area contributed by atoms with Gasteiger partial charge in [-0.15, -0.1) is 0 Å². The standard InChI is InChI=1S/C20H20FN5O/c1-14-11-18(19(27)24-13-16-3-2-9-22-12-16)26-20(25-14)23-10-8-15-4-6-17(21)7-5-15/h2-7,9,11-12H,8,10,13H2,1H3,(H,24,27)(H,23,25,26). The Labute approximate surface area is 156 Å². The summed E-state index contributed by atoms with van der Waals surface area (Å²) in [6.07, 6.45) is 4.08. The zero-order valence-corrected chi connectivity index (χ0v) is 14.9. The van der Waals surface area contributed by atoms with E-state index in [-0.39, 0.29) is 11.7 Å². The largest absolute Gasteiger partial charge is 0.354 e. The molecule has 27 heavy (non-hydrogen) atoms. The number of halogens is 1. The fourth-order valence-electron chi connectivity index (χ4n) is 2.51. The molecule has 0 atom stereocenters. The molecule has 2 aromatic heterocycles.